The highest BCUT2D eigenvalue weighted by molar-refractivity contribution is 5.22. The molecule has 0 radical (unpaired) electrons. The first-order valence-corrected chi connectivity index (χ1v) is 4.79. The van der Waals surface area contributed by atoms with E-state index in [1.54, 1.807) is 18.3 Å². The minimum atomic E-state index is -1.31. The Kier molecular flexibility index (Phi) is 3.21. The Labute approximate surface area is 84.3 Å². The Morgan fingerprint density at radius 2 is 2.21 bits per heavy atom. The standard InChI is InChI=1S/C11H17FN2/c1-8(13)6-10-7-9(4-5-14-10)11(2,3)12/h4-5,7-8H,6,13H2,1-3H3. The number of alkyl halides is 1. The van der Waals surface area contributed by atoms with Crippen LogP contribution in [-0.2, 0) is 12.1 Å². The number of pyridine rings is 1. The van der Waals surface area contributed by atoms with Gasteiger partial charge >= 0.3 is 0 Å². The minimum absolute atomic E-state index is 0.0560. The molecule has 1 heterocycles. The molecule has 1 aromatic rings. The average Bonchev–Trinajstić information content (AvgIpc) is 2.01. The van der Waals surface area contributed by atoms with Gasteiger partial charge in [0.15, 0.2) is 0 Å². The Morgan fingerprint density at radius 1 is 1.57 bits per heavy atom. The van der Waals surface area contributed by atoms with Gasteiger partial charge in [0.05, 0.1) is 0 Å². The molecule has 1 atom stereocenters. The largest absolute Gasteiger partial charge is 0.328 e. The van der Waals surface area contributed by atoms with Gasteiger partial charge in [-0.1, -0.05) is 0 Å². The Balaban J connectivity index is 2.90. The second kappa shape index (κ2) is 4.05. The Bertz CT molecular complexity index is 302. The molecule has 0 aliphatic heterocycles. The highest BCUT2D eigenvalue weighted by Crippen LogP contribution is 2.24. The van der Waals surface area contributed by atoms with Crippen molar-refractivity contribution >= 4 is 0 Å². The van der Waals surface area contributed by atoms with Gasteiger partial charge in [-0.15, -0.1) is 0 Å². The van der Waals surface area contributed by atoms with E-state index in [2.05, 4.69) is 4.98 Å². The van der Waals surface area contributed by atoms with Crippen LogP contribution in [0.2, 0.25) is 0 Å². The lowest BCUT2D eigenvalue weighted by molar-refractivity contribution is 0.221. The van der Waals surface area contributed by atoms with Gasteiger partial charge in [0.25, 0.3) is 0 Å². The molecule has 2 nitrogen and oxygen atoms in total. The summed E-state index contributed by atoms with van der Waals surface area (Å²) in [4.78, 5) is 4.15. The van der Waals surface area contributed by atoms with Crippen molar-refractivity contribution in [3.63, 3.8) is 0 Å². The molecule has 0 amide bonds. The van der Waals surface area contributed by atoms with Crippen molar-refractivity contribution in [1.29, 1.82) is 0 Å². The molecule has 0 saturated heterocycles. The third-order valence-corrected chi connectivity index (χ3v) is 2.03. The van der Waals surface area contributed by atoms with Crippen LogP contribution < -0.4 is 5.73 Å². The van der Waals surface area contributed by atoms with Crippen LogP contribution in [0.3, 0.4) is 0 Å². The molecular formula is C11H17FN2. The fourth-order valence-corrected chi connectivity index (χ4v) is 1.29. The number of hydrogen-bond donors (Lipinski definition) is 1. The zero-order chi connectivity index (χ0) is 10.8. The summed E-state index contributed by atoms with van der Waals surface area (Å²) in [6.07, 6.45) is 2.32. The molecular weight excluding hydrogens is 179 g/mol. The van der Waals surface area contributed by atoms with Crippen LogP contribution in [-0.4, -0.2) is 11.0 Å². The molecule has 0 spiro atoms. The summed E-state index contributed by atoms with van der Waals surface area (Å²) in [5, 5.41) is 0. The van der Waals surface area contributed by atoms with Crippen molar-refractivity contribution < 1.29 is 4.39 Å². The smallest absolute Gasteiger partial charge is 0.130 e. The maximum Gasteiger partial charge on any atom is 0.130 e. The first-order chi connectivity index (χ1) is 6.39. The van der Waals surface area contributed by atoms with E-state index >= 15 is 0 Å². The van der Waals surface area contributed by atoms with Crippen molar-refractivity contribution in [3.8, 4) is 0 Å². The van der Waals surface area contributed by atoms with Gasteiger partial charge in [-0.25, -0.2) is 4.39 Å². The van der Waals surface area contributed by atoms with Crippen LogP contribution in [0.1, 0.15) is 32.0 Å². The molecule has 3 heteroatoms. The Hall–Kier alpha value is -0.960. The molecule has 78 valence electrons. The van der Waals surface area contributed by atoms with Crippen molar-refractivity contribution in [2.45, 2.75) is 38.9 Å². The predicted molar refractivity (Wildman–Crippen MR) is 55.7 cm³/mol. The lowest BCUT2D eigenvalue weighted by atomic mass is 9.99. The molecule has 1 aromatic heterocycles. The summed E-state index contributed by atoms with van der Waals surface area (Å²) >= 11 is 0. The van der Waals surface area contributed by atoms with Crippen LogP contribution in [0.25, 0.3) is 0 Å². The lowest BCUT2D eigenvalue weighted by Crippen LogP contribution is -2.19. The molecule has 1 unspecified atom stereocenters. The van der Waals surface area contributed by atoms with E-state index in [1.807, 2.05) is 6.92 Å². The monoisotopic (exact) mass is 196 g/mol. The second-order valence-electron chi connectivity index (χ2n) is 4.19. The molecule has 14 heavy (non-hydrogen) atoms. The van der Waals surface area contributed by atoms with E-state index in [9.17, 15) is 4.39 Å². The van der Waals surface area contributed by atoms with Crippen LogP contribution in [0.15, 0.2) is 18.3 Å². The van der Waals surface area contributed by atoms with Crippen molar-refractivity contribution in [1.82, 2.24) is 4.98 Å². The first-order valence-electron chi connectivity index (χ1n) is 4.79. The van der Waals surface area contributed by atoms with E-state index < -0.39 is 5.67 Å². The molecule has 0 fully saturated rings. The van der Waals surface area contributed by atoms with Gasteiger partial charge in [0.2, 0.25) is 0 Å². The zero-order valence-corrected chi connectivity index (χ0v) is 8.92. The molecule has 0 saturated carbocycles. The van der Waals surface area contributed by atoms with Crippen LogP contribution in [0, 0.1) is 0 Å². The number of hydrogen-bond acceptors (Lipinski definition) is 2. The van der Waals surface area contributed by atoms with Gasteiger partial charge in [-0.2, -0.15) is 0 Å². The summed E-state index contributed by atoms with van der Waals surface area (Å²) in [6.45, 7) is 4.99. The van der Waals surface area contributed by atoms with E-state index in [0.717, 1.165) is 5.69 Å². The van der Waals surface area contributed by atoms with E-state index in [4.69, 9.17) is 5.73 Å². The van der Waals surface area contributed by atoms with Gasteiger partial charge in [-0.05, 0) is 38.5 Å². The third kappa shape index (κ3) is 3.07. The van der Waals surface area contributed by atoms with Gasteiger partial charge in [-0.3, -0.25) is 4.98 Å². The van der Waals surface area contributed by atoms with E-state index in [1.165, 1.54) is 13.8 Å². The number of halogens is 1. The quantitative estimate of drug-likeness (QED) is 0.804. The summed E-state index contributed by atoms with van der Waals surface area (Å²) in [5.74, 6) is 0. The summed E-state index contributed by atoms with van der Waals surface area (Å²) < 4.78 is 13.6. The Morgan fingerprint density at radius 3 is 2.71 bits per heavy atom. The SMILES string of the molecule is CC(N)Cc1cc(C(C)(C)F)ccn1. The number of nitrogens with two attached hydrogens (primary N) is 1. The van der Waals surface area contributed by atoms with Gasteiger partial charge in [0, 0.05) is 24.4 Å². The molecule has 1 rings (SSSR count). The lowest BCUT2D eigenvalue weighted by Gasteiger charge is -2.15. The average molecular weight is 196 g/mol. The maximum atomic E-state index is 13.6. The highest BCUT2D eigenvalue weighted by Gasteiger charge is 2.19. The van der Waals surface area contributed by atoms with Gasteiger partial charge < -0.3 is 5.73 Å². The number of rotatable bonds is 3. The summed E-state index contributed by atoms with van der Waals surface area (Å²) in [6, 6.07) is 3.54. The molecule has 0 aliphatic carbocycles. The van der Waals surface area contributed by atoms with Gasteiger partial charge in [0.1, 0.15) is 5.67 Å². The van der Waals surface area contributed by atoms with Crippen molar-refractivity contribution in [2.75, 3.05) is 0 Å². The maximum absolute atomic E-state index is 13.6. The highest BCUT2D eigenvalue weighted by atomic mass is 19.1. The van der Waals surface area contributed by atoms with Crippen molar-refractivity contribution in [3.05, 3.63) is 29.6 Å². The third-order valence-electron chi connectivity index (χ3n) is 2.03. The second-order valence-corrected chi connectivity index (χ2v) is 4.19. The molecule has 0 bridgehead atoms. The summed E-state index contributed by atoms with van der Waals surface area (Å²) in [7, 11) is 0. The number of aromatic nitrogens is 1. The minimum Gasteiger partial charge on any atom is -0.328 e. The molecule has 2 N–H and O–H groups in total. The normalized spacial score (nSPS) is 14.1. The number of nitrogens with zero attached hydrogens (tertiary/aromatic N) is 1. The van der Waals surface area contributed by atoms with Crippen LogP contribution in [0.5, 0.6) is 0 Å². The van der Waals surface area contributed by atoms with Crippen LogP contribution in [0.4, 0.5) is 4.39 Å². The zero-order valence-electron chi connectivity index (χ0n) is 8.92. The van der Waals surface area contributed by atoms with E-state index in [-0.39, 0.29) is 6.04 Å². The predicted octanol–water partition coefficient (Wildman–Crippen LogP) is 2.18. The topological polar surface area (TPSA) is 38.9 Å². The molecule has 0 aliphatic rings. The van der Waals surface area contributed by atoms with Crippen LogP contribution >= 0.6 is 0 Å². The van der Waals surface area contributed by atoms with E-state index in [0.29, 0.717) is 12.0 Å². The fraction of sp³-hybridized carbons (Fsp3) is 0.545. The fourth-order valence-electron chi connectivity index (χ4n) is 1.29. The van der Waals surface area contributed by atoms with Crippen molar-refractivity contribution in [2.24, 2.45) is 5.73 Å². The molecule has 0 aromatic carbocycles. The summed E-state index contributed by atoms with van der Waals surface area (Å²) in [5.41, 5.74) is 5.85. The first kappa shape index (κ1) is 11.1.